The first kappa shape index (κ1) is 52.0. The molecule has 3 N–H and O–H groups in total. The minimum atomic E-state index is -6.84. The summed E-state index contributed by atoms with van der Waals surface area (Å²) >= 11 is 0. The lowest BCUT2D eigenvalue weighted by molar-refractivity contribution is -0.160. The molecule has 0 saturated heterocycles. The number of halogens is 24. The van der Waals surface area contributed by atoms with Crippen LogP contribution in [0.4, 0.5) is 105 Å². The molecule has 8 rings (SSSR count). The van der Waals surface area contributed by atoms with Gasteiger partial charge in [-0.1, -0.05) is 91.0 Å². The minimum absolute atomic E-state index is 0.409. The number of benzene rings is 3. The molecule has 0 spiro atoms. The minimum Gasteiger partial charge on any atom is -0.353 e. The second-order valence-electron chi connectivity index (χ2n) is 15.6. The highest BCUT2D eigenvalue weighted by molar-refractivity contribution is 6.10. The van der Waals surface area contributed by atoms with Crippen molar-refractivity contribution in [2.45, 2.75) is 49.4 Å². The first-order valence-corrected chi connectivity index (χ1v) is 19.7. The van der Waals surface area contributed by atoms with Gasteiger partial charge in [-0.3, -0.25) is 0 Å². The van der Waals surface area contributed by atoms with E-state index in [2.05, 4.69) is 4.98 Å². The molecule has 3 aromatic carbocycles. The molecule has 386 valence electrons. The van der Waals surface area contributed by atoms with Crippen LogP contribution in [-0.4, -0.2) is 32.3 Å². The normalized spacial score (nSPS) is 14.2. The second kappa shape index (κ2) is 16.6. The summed E-state index contributed by atoms with van der Waals surface area (Å²) in [5, 5.41) is 0. The summed E-state index contributed by atoms with van der Waals surface area (Å²) in [5.41, 5.74) is -57.9. The summed E-state index contributed by atoms with van der Waals surface area (Å²) in [7, 11) is 0. The summed E-state index contributed by atoms with van der Waals surface area (Å²) in [5.74, 6) is 0. The fraction of sp³-hybridized carbons (Fsp3) is 0.178. The van der Waals surface area contributed by atoms with E-state index in [1.165, 1.54) is 9.97 Å². The quantitative estimate of drug-likeness (QED) is 0.152. The predicted octanol–water partition coefficient (Wildman–Crippen LogP) is 17.7. The first-order chi connectivity index (χ1) is 33.4. The Bertz CT molecular complexity index is 3460. The van der Waals surface area contributed by atoms with E-state index in [9.17, 15) is 0 Å². The van der Waals surface area contributed by atoms with E-state index in [0.29, 0.717) is 60.7 Å². The van der Waals surface area contributed by atoms with Gasteiger partial charge in [-0.25, -0.2) is 4.98 Å². The Hall–Kier alpha value is -7.29. The molecule has 0 saturated carbocycles. The summed E-state index contributed by atoms with van der Waals surface area (Å²) in [6, 6.07) is 9.64. The van der Waals surface area contributed by atoms with Crippen LogP contribution in [0.25, 0.3) is 77.6 Å². The van der Waals surface area contributed by atoms with E-state index < -0.39 is 172 Å². The summed E-state index contributed by atoms with van der Waals surface area (Å²) in [6.45, 7) is 0. The van der Waals surface area contributed by atoms with Crippen LogP contribution in [0, 0.1) is 0 Å². The fourth-order valence-electron chi connectivity index (χ4n) is 8.73. The van der Waals surface area contributed by atoms with Gasteiger partial charge >= 0.3 is 49.4 Å². The molecular weight excluding hydrogens is 1050 g/mol. The Labute approximate surface area is 387 Å². The smallest absolute Gasteiger partial charge is 0.353 e. The van der Waals surface area contributed by atoms with Crippen molar-refractivity contribution in [3.05, 3.63) is 136 Å². The monoisotopic (exact) mass is 1070 g/mol. The van der Waals surface area contributed by atoms with Crippen LogP contribution in [0.3, 0.4) is 0 Å². The molecule has 0 aliphatic carbocycles. The van der Waals surface area contributed by atoms with Gasteiger partial charge in [0.25, 0.3) is 0 Å². The molecule has 1 aliphatic heterocycles. The number of rotatable bonds is 3. The zero-order valence-corrected chi connectivity index (χ0v) is 34.7. The molecule has 4 aromatic heterocycles. The highest BCUT2D eigenvalue weighted by Gasteiger charge is 2.57. The van der Waals surface area contributed by atoms with Gasteiger partial charge in [-0.15, -0.1) is 0 Å². The molecule has 0 unspecified atom stereocenters. The zero-order chi connectivity index (χ0) is 54.1. The van der Waals surface area contributed by atoms with Gasteiger partial charge in [0.2, 0.25) is 0 Å². The van der Waals surface area contributed by atoms with Crippen molar-refractivity contribution in [2.24, 2.45) is 0 Å². The molecule has 8 bridgehead atoms. The number of aromatic nitrogens is 4. The Balaban J connectivity index is 2.01. The second-order valence-corrected chi connectivity index (χ2v) is 15.6. The lowest BCUT2D eigenvalue weighted by atomic mass is 9.94. The number of H-pyrrole nitrogens is 3. The van der Waals surface area contributed by atoms with Gasteiger partial charge in [-0.05, 0) is 16.7 Å². The van der Waals surface area contributed by atoms with Crippen molar-refractivity contribution in [2.75, 3.05) is 0 Å². The highest BCUT2D eigenvalue weighted by atomic mass is 19.4. The first-order valence-electron chi connectivity index (χ1n) is 19.7. The van der Waals surface area contributed by atoms with E-state index in [1.54, 1.807) is 0 Å². The molecule has 0 amide bonds. The average molecular weight is 1070 g/mol. The van der Waals surface area contributed by atoms with Crippen molar-refractivity contribution in [3.63, 3.8) is 0 Å². The predicted molar refractivity (Wildman–Crippen MR) is 211 cm³/mol. The standard InChI is InChI=1S/C45H18F24N4/c46-38(47,48)22-24(40(52,53)54)32-20(17-12-6-2-7-13-17)34-26(42(58,59)60)28(44(64,65)66)36(72-34)37-29(45(67,68)69)27(43(61,62)63)35(73-37)21(18-14-8-3-9-15-18)33-25(41(55,56)57)23(39(49,50)51)31(71-33)19(30(22)70-32)16-10-4-1-5-11-16/h1-15,70-72H. The number of aromatic amines is 3. The van der Waals surface area contributed by atoms with Crippen molar-refractivity contribution in [1.82, 2.24) is 19.9 Å². The summed E-state index contributed by atoms with van der Waals surface area (Å²) in [4.78, 5) is 6.94. The number of allylic oxidation sites excluding steroid dienone is 2. The third-order valence-corrected chi connectivity index (χ3v) is 11.1. The van der Waals surface area contributed by atoms with Crippen LogP contribution in [-0.2, 0) is 37.1 Å². The van der Waals surface area contributed by atoms with Gasteiger partial charge in [0, 0.05) is 16.7 Å². The van der Waals surface area contributed by atoms with E-state index in [1.807, 2.05) is 0 Å². The molecular formula is C45H18F24N4. The van der Waals surface area contributed by atoms with E-state index in [4.69, 9.17) is 0 Å². The number of alkyl halides is 24. The third-order valence-electron chi connectivity index (χ3n) is 11.1. The van der Waals surface area contributed by atoms with E-state index in [-0.39, 0.29) is 0 Å². The Morgan fingerprint density at radius 3 is 0.726 bits per heavy atom. The van der Waals surface area contributed by atoms with Crippen LogP contribution in [0.15, 0.2) is 91.0 Å². The molecule has 73 heavy (non-hydrogen) atoms. The number of hydrogen-bond acceptors (Lipinski definition) is 1. The average Bonchev–Trinajstić information content (AvgIpc) is 4.03. The largest absolute Gasteiger partial charge is 0.419 e. The summed E-state index contributed by atoms with van der Waals surface area (Å²) < 4.78 is 374. The Morgan fingerprint density at radius 1 is 0.247 bits per heavy atom. The van der Waals surface area contributed by atoms with Crippen LogP contribution in [0.1, 0.15) is 44.8 Å². The molecule has 0 radical (unpaired) electrons. The number of nitrogens with zero attached hydrogens (tertiary/aromatic N) is 1. The summed E-state index contributed by atoms with van der Waals surface area (Å²) in [6.07, 6.45) is -53.9. The van der Waals surface area contributed by atoms with Crippen LogP contribution >= 0.6 is 0 Å². The fourth-order valence-corrected chi connectivity index (χ4v) is 8.73. The maximum atomic E-state index is 15.7. The Kier molecular flexibility index (Phi) is 11.8. The highest BCUT2D eigenvalue weighted by Crippen LogP contribution is 2.58. The van der Waals surface area contributed by atoms with Gasteiger partial charge in [0.1, 0.15) is 5.69 Å². The lowest BCUT2D eigenvalue weighted by Gasteiger charge is -2.17. The molecule has 7 aromatic rings. The molecule has 28 heteroatoms. The van der Waals surface area contributed by atoms with Gasteiger partial charge in [0.05, 0.1) is 83.3 Å². The SMILES string of the molecule is FC(F)(F)C1=C(C(F)(F)F)c2nc1c(-c1ccccc1)c1[nH]c(c(C(F)(F)F)c1C(F)(F)F)c(-c1ccccc1)c1[nH]c(c(C(F)(F)F)c1C(F)(F)F)c(-c1ccccc1)c1[nH]c2c(C(F)(F)F)c1C(F)(F)F. The van der Waals surface area contributed by atoms with Gasteiger partial charge in [-0.2, -0.15) is 105 Å². The van der Waals surface area contributed by atoms with Crippen LogP contribution in [0.2, 0.25) is 0 Å². The zero-order valence-electron chi connectivity index (χ0n) is 34.7. The van der Waals surface area contributed by atoms with Crippen LogP contribution < -0.4 is 0 Å². The van der Waals surface area contributed by atoms with E-state index in [0.717, 1.165) is 35.3 Å². The topological polar surface area (TPSA) is 60.3 Å². The maximum absolute atomic E-state index is 15.7. The van der Waals surface area contributed by atoms with Crippen molar-refractivity contribution >= 4 is 44.2 Å². The number of fused-ring (bicyclic) bond motifs is 9. The van der Waals surface area contributed by atoms with Gasteiger partial charge < -0.3 is 15.0 Å². The maximum Gasteiger partial charge on any atom is 0.419 e. The van der Waals surface area contributed by atoms with E-state index >= 15 is 105 Å². The number of nitrogens with one attached hydrogen (secondary N) is 3. The lowest BCUT2D eigenvalue weighted by Crippen LogP contribution is -2.19. The molecule has 5 heterocycles. The molecule has 0 atom stereocenters. The number of hydrogen-bond donors (Lipinski definition) is 3. The van der Waals surface area contributed by atoms with Crippen molar-refractivity contribution in [3.8, 4) is 33.4 Å². The van der Waals surface area contributed by atoms with Crippen LogP contribution in [0.5, 0.6) is 0 Å². The Morgan fingerprint density at radius 2 is 0.466 bits per heavy atom. The van der Waals surface area contributed by atoms with Crippen molar-refractivity contribution in [1.29, 1.82) is 0 Å². The molecule has 4 nitrogen and oxygen atoms in total. The van der Waals surface area contributed by atoms with Crippen molar-refractivity contribution < 1.29 is 105 Å². The van der Waals surface area contributed by atoms with Gasteiger partial charge in [0.15, 0.2) is 0 Å². The molecule has 0 fully saturated rings. The third kappa shape index (κ3) is 8.94. The molecule has 1 aliphatic rings.